The van der Waals surface area contributed by atoms with E-state index in [1.54, 1.807) is 4.80 Å². The molecule has 2 aromatic rings. The molecule has 1 saturated carbocycles. The zero-order chi connectivity index (χ0) is 15.2. The van der Waals surface area contributed by atoms with Crippen molar-refractivity contribution in [2.75, 3.05) is 6.54 Å². The predicted octanol–water partition coefficient (Wildman–Crippen LogP) is 2.04. The van der Waals surface area contributed by atoms with E-state index in [1.807, 2.05) is 30.3 Å². The van der Waals surface area contributed by atoms with Crippen molar-refractivity contribution < 1.29 is 4.79 Å². The van der Waals surface area contributed by atoms with Gasteiger partial charge in [0.2, 0.25) is 11.7 Å². The molecule has 1 amide bonds. The summed E-state index contributed by atoms with van der Waals surface area (Å²) in [5.41, 5.74) is 0.951. The fourth-order valence-corrected chi connectivity index (χ4v) is 2.47. The number of tetrazole rings is 1. The lowest BCUT2D eigenvalue weighted by molar-refractivity contribution is -0.121. The van der Waals surface area contributed by atoms with Gasteiger partial charge >= 0.3 is 0 Å². The third kappa shape index (κ3) is 3.90. The van der Waals surface area contributed by atoms with Crippen molar-refractivity contribution in [1.29, 1.82) is 0 Å². The Balaban J connectivity index is 1.40. The van der Waals surface area contributed by atoms with Crippen LogP contribution in [0.25, 0.3) is 11.4 Å². The Bertz CT molecular complexity index is 606. The third-order valence-corrected chi connectivity index (χ3v) is 4.06. The molecule has 1 aromatic heterocycles. The van der Waals surface area contributed by atoms with Gasteiger partial charge in [-0.05, 0) is 30.4 Å². The van der Waals surface area contributed by atoms with Crippen LogP contribution in [0.15, 0.2) is 30.3 Å². The van der Waals surface area contributed by atoms with E-state index in [1.165, 1.54) is 19.3 Å². The maximum atomic E-state index is 11.7. The smallest absolute Gasteiger partial charge is 0.220 e. The summed E-state index contributed by atoms with van der Waals surface area (Å²) in [6, 6.07) is 9.76. The van der Waals surface area contributed by atoms with Crippen LogP contribution in [-0.2, 0) is 11.3 Å². The summed E-state index contributed by atoms with van der Waals surface area (Å²) in [6.45, 7) is 1.44. The summed E-state index contributed by atoms with van der Waals surface area (Å²) in [5, 5.41) is 15.4. The molecular weight excluding hydrogens is 278 g/mol. The van der Waals surface area contributed by atoms with Crippen molar-refractivity contribution in [2.45, 2.75) is 38.6 Å². The first-order valence-corrected chi connectivity index (χ1v) is 7.91. The fraction of sp³-hybridized carbons (Fsp3) is 0.500. The lowest BCUT2D eigenvalue weighted by Crippen LogP contribution is -2.32. The van der Waals surface area contributed by atoms with Crippen molar-refractivity contribution in [3.05, 3.63) is 30.3 Å². The van der Waals surface area contributed by atoms with Crippen LogP contribution in [-0.4, -0.2) is 32.7 Å². The highest BCUT2D eigenvalue weighted by Gasteiger charge is 2.17. The van der Waals surface area contributed by atoms with Crippen molar-refractivity contribution in [3.8, 4) is 11.4 Å². The quantitative estimate of drug-likeness (QED) is 0.849. The molecule has 1 aromatic carbocycles. The first-order chi connectivity index (χ1) is 10.8. The molecular formula is C16H21N5O. The Hall–Kier alpha value is -2.24. The van der Waals surface area contributed by atoms with Crippen molar-refractivity contribution in [3.63, 3.8) is 0 Å². The highest BCUT2D eigenvalue weighted by Crippen LogP contribution is 2.25. The molecule has 0 bridgehead atoms. The first kappa shape index (κ1) is 14.7. The van der Waals surface area contributed by atoms with Crippen molar-refractivity contribution in [1.82, 2.24) is 25.5 Å². The van der Waals surface area contributed by atoms with E-state index in [9.17, 15) is 4.79 Å². The number of aromatic nitrogens is 4. The largest absolute Gasteiger partial charge is 0.356 e. The van der Waals surface area contributed by atoms with Crippen LogP contribution in [0.2, 0.25) is 0 Å². The van der Waals surface area contributed by atoms with E-state index >= 15 is 0 Å². The molecule has 1 N–H and O–H groups in total. The average Bonchev–Trinajstić information content (AvgIpc) is 2.95. The van der Waals surface area contributed by atoms with Crippen LogP contribution >= 0.6 is 0 Å². The number of carbonyl (C=O) groups is 1. The monoisotopic (exact) mass is 299 g/mol. The summed E-state index contributed by atoms with van der Waals surface area (Å²) in [7, 11) is 0. The molecule has 6 nitrogen and oxygen atoms in total. The minimum absolute atomic E-state index is 0.121. The minimum atomic E-state index is 0.121. The molecule has 1 aliphatic rings. The van der Waals surface area contributed by atoms with E-state index in [0.717, 1.165) is 18.5 Å². The molecule has 1 heterocycles. The summed E-state index contributed by atoms with van der Waals surface area (Å²) >= 11 is 0. The van der Waals surface area contributed by atoms with Crippen LogP contribution in [0.5, 0.6) is 0 Å². The SMILES string of the molecule is O=C(CCCn1nnc(-c2ccccc2)n1)NCC1CCC1. The standard InChI is InChI=1S/C16H21N5O/c22-15(17-12-13-6-4-7-13)10-5-11-21-19-16(18-20-21)14-8-2-1-3-9-14/h1-3,8-9,13H,4-7,10-12H2,(H,17,22). The molecule has 0 saturated heterocycles. The Kier molecular flexibility index (Phi) is 4.78. The number of benzene rings is 1. The second-order valence-corrected chi connectivity index (χ2v) is 5.78. The van der Waals surface area contributed by atoms with Crippen LogP contribution < -0.4 is 5.32 Å². The second-order valence-electron chi connectivity index (χ2n) is 5.78. The number of nitrogens with one attached hydrogen (secondary N) is 1. The predicted molar refractivity (Wildman–Crippen MR) is 82.8 cm³/mol. The highest BCUT2D eigenvalue weighted by atomic mass is 16.1. The van der Waals surface area contributed by atoms with Crippen LogP contribution in [0.4, 0.5) is 0 Å². The summed E-state index contributed by atoms with van der Waals surface area (Å²) in [6.07, 6.45) is 5.05. The van der Waals surface area contributed by atoms with Crippen LogP contribution in [0.1, 0.15) is 32.1 Å². The Morgan fingerprint density at radius 1 is 1.27 bits per heavy atom. The molecule has 0 radical (unpaired) electrons. The Morgan fingerprint density at radius 3 is 2.82 bits per heavy atom. The summed E-state index contributed by atoms with van der Waals surface area (Å²) in [4.78, 5) is 13.3. The topological polar surface area (TPSA) is 72.7 Å². The van der Waals surface area contributed by atoms with Gasteiger partial charge < -0.3 is 5.32 Å². The molecule has 3 rings (SSSR count). The lowest BCUT2D eigenvalue weighted by Gasteiger charge is -2.25. The van der Waals surface area contributed by atoms with Gasteiger partial charge in [-0.3, -0.25) is 4.79 Å². The van der Waals surface area contributed by atoms with E-state index in [4.69, 9.17) is 0 Å². The van der Waals surface area contributed by atoms with Gasteiger partial charge in [0.1, 0.15) is 0 Å². The molecule has 116 valence electrons. The summed E-state index contributed by atoms with van der Waals surface area (Å²) < 4.78 is 0. The molecule has 1 aliphatic carbocycles. The number of hydrogen-bond acceptors (Lipinski definition) is 4. The number of rotatable bonds is 7. The number of amides is 1. The number of carbonyl (C=O) groups excluding carboxylic acids is 1. The lowest BCUT2D eigenvalue weighted by atomic mass is 9.85. The van der Waals surface area contributed by atoms with Crippen molar-refractivity contribution >= 4 is 5.91 Å². The number of hydrogen-bond donors (Lipinski definition) is 1. The molecule has 22 heavy (non-hydrogen) atoms. The molecule has 0 unspecified atom stereocenters. The number of nitrogens with zero attached hydrogens (tertiary/aromatic N) is 4. The van der Waals surface area contributed by atoms with Crippen LogP contribution in [0, 0.1) is 5.92 Å². The minimum Gasteiger partial charge on any atom is -0.356 e. The zero-order valence-electron chi connectivity index (χ0n) is 12.6. The molecule has 0 spiro atoms. The van der Waals surface area contributed by atoms with Gasteiger partial charge in [-0.2, -0.15) is 4.80 Å². The van der Waals surface area contributed by atoms with E-state index in [0.29, 0.717) is 24.7 Å². The van der Waals surface area contributed by atoms with Gasteiger partial charge in [0.25, 0.3) is 0 Å². The number of aryl methyl sites for hydroxylation is 1. The first-order valence-electron chi connectivity index (χ1n) is 7.91. The van der Waals surface area contributed by atoms with E-state index < -0.39 is 0 Å². The third-order valence-electron chi connectivity index (χ3n) is 4.06. The van der Waals surface area contributed by atoms with Gasteiger partial charge in [0, 0.05) is 18.5 Å². The van der Waals surface area contributed by atoms with E-state index in [-0.39, 0.29) is 5.91 Å². The van der Waals surface area contributed by atoms with Gasteiger partial charge in [0.05, 0.1) is 6.54 Å². The van der Waals surface area contributed by atoms with E-state index in [2.05, 4.69) is 20.7 Å². The highest BCUT2D eigenvalue weighted by molar-refractivity contribution is 5.75. The Labute approximate surface area is 129 Å². The van der Waals surface area contributed by atoms with Gasteiger partial charge in [0.15, 0.2) is 0 Å². The maximum absolute atomic E-state index is 11.7. The molecule has 0 aliphatic heterocycles. The van der Waals surface area contributed by atoms with Gasteiger partial charge in [-0.1, -0.05) is 36.8 Å². The maximum Gasteiger partial charge on any atom is 0.220 e. The molecule has 6 heteroatoms. The van der Waals surface area contributed by atoms with Gasteiger partial charge in [-0.15, -0.1) is 10.2 Å². The Morgan fingerprint density at radius 2 is 2.09 bits per heavy atom. The zero-order valence-corrected chi connectivity index (χ0v) is 12.6. The fourth-order valence-electron chi connectivity index (χ4n) is 2.47. The molecule has 1 fully saturated rings. The average molecular weight is 299 g/mol. The van der Waals surface area contributed by atoms with Gasteiger partial charge in [-0.25, -0.2) is 0 Å². The molecule has 0 atom stereocenters. The summed E-state index contributed by atoms with van der Waals surface area (Å²) in [5.74, 6) is 1.44. The normalized spacial score (nSPS) is 14.5. The van der Waals surface area contributed by atoms with Crippen molar-refractivity contribution in [2.24, 2.45) is 5.92 Å². The second kappa shape index (κ2) is 7.15. The van der Waals surface area contributed by atoms with Crippen LogP contribution in [0.3, 0.4) is 0 Å².